The molecule has 3 amide bonds. The van der Waals surface area contributed by atoms with E-state index in [0.29, 0.717) is 0 Å². The Balaban J connectivity index is 4.59. The van der Waals surface area contributed by atoms with Crippen molar-refractivity contribution < 1.29 is 19.5 Å². The van der Waals surface area contributed by atoms with Gasteiger partial charge in [0, 0.05) is 19.5 Å². The van der Waals surface area contributed by atoms with Crippen LogP contribution in [0.15, 0.2) is 0 Å². The molecule has 122 valence electrons. The molecule has 0 saturated carbocycles. The van der Waals surface area contributed by atoms with Crippen molar-refractivity contribution in [3.05, 3.63) is 0 Å². The van der Waals surface area contributed by atoms with Crippen molar-refractivity contribution in [3.8, 4) is 0 Å². The number of rotatable bonds is 5. The lowest BCUT2D eigenvalue weighted by molar-refractivity contribution is -0.139. The van der Waals surface area contributed by atoms with E-state index in [4.69, 9.17) is 5.11 Å². The lowest BCUT2D eigenvalue weighted by Gasteiger charge is -2.35. The molecule has 0 aromatic rings. The maximum absolute atomic E-state index is 12.0. The van der Waals surface area contributed by atoms with E-state index in [9.17, 15) is 14.4 Å². The fraction of sp³-hybridized carbons (Fsp3) is 0.800. The quantitative estimate of drug-likeness (QED) is 0.816. The van der Waals surface area contributed by atoms with Gasteiger partial charge in [-0.05, 0) is 17.8 Å². The third-order valence-corrected chi connectivity index (χ3v) is 3.67. The van der Waals surface area contributed by atoms with Gasteiger partial charge in [0.25, 0.3) is 0 Å². The van der Waals surface area contributed by atoms with Crippen molar-refractivity contribution in [2.24, 2.45) is 10.8 Å². The molecule has 1 atom stereocenters. The first-order chi connectivity index (χ1) is 9.26. The highest BCUT2D eigenvalue weighted by Crippen LogP contribution is 2.25. The summed E-state index contributed by atoms with van der Waals surface area (Å²) in [4.78, 5) is 36.1. The van der Waals surface area contributed by atoms with Crippen LogP contribution in [0.25, 0.3) is 0 Å². The highest BCUT2D eigenvalue weighted by Gasteiger charge is 2.30. The summed E-state index contributed by atoms with van der Waals surface area (Å²) in [5.74, 6) is -1.42. The maximum Gasteiger partial charge on any atom is 0.324 e. The molecule has 0 bridgehead atoms. The Labute approximate surface area is 126 Å². The second-order valence-corrected chi connectivity index (χ2v) is 7.42. The van der Waals surface area contributed by atoms with E-state index < -0.39 is 23.3 Å². The van der Waals surface area contributed by atoms with E-state index in [-0.39, 0.29) is 24.3 Å². The van der Waals surface area contributed by atoms with Gasteiger partial charge in [0.15, 0.2) is 0 Å². The van der Waals surface area contributed by atoms with Gasteiger partial charge in [-0.3, -0.25) is 14.9 Å². The molecule has 0 aromatic carbocycles. The van der Waals surface area contributed by atoms with Crippen LogP contribution in [0, 0.1) is 10.8 Å². The number of hydrogen-bond acceptors (Lipinski definition) is 3. The molecule has 6 heteroatoms. The van der Waals surface area contributed by atoms with Crippen molar-refractivity contribution in [1.82, 2.24) is 10.2 Å². The first kappa shape index (κ1) is 19.4. The SMILES string of the molecule is CC(N(C)C(=O)NC(=O)CC(C)(C)CC(=O)O)C(C)(C)C. The minimum absolute atomic E-state index is 0.0111. The third kappa shape index (κ3) is 7.11. The van der Waals surface area contributed by atoms with Gasteiger partial charge in [0.1, 0.15) is 0 Å². The van der Waals surface area contributed by atoms with Gasteiger partial charge in [0.05, 0.1) is 6.42 Å². The Kier molecular flexibility index (Phi) is 6.39. The normalized spacial score (nSPS) is 13.5. The summed E-state index contributed by atoms with van der Waals surface area (Å²) >= 11 is 0. The summed E-state index contributed by atoms with van der Waals surface area (Å²) in [6.07, 6.45) is -0.133. The topological polar surface area (TPSA) is 86.7 Å². The molecule has 6 nitrogen and oxygen atoms in total. The average Bonchev–Trinajstić information content (AvgIpc) is 2.22. The Morgan fingerprint density at radius 2 is 1.57 bits per heavy atom. The van der Waals surface area contributed by atoms with E-state index in [0.717, 1.165) is 0 Å². The van der Waals surface area contributed by atoms with E-state index >= 15 is 0 Å². The van der Waals surface area contributed by atoms with Gasteiger partial charge in [0.2, 0.25) is 5.91 Å². The number of nitrogens with zero attached hydrogens (tertiary/aromatic N) is 1. The molecule has 0 heterocycles. The monoisotopic (exact) mass is 300 g/mol. The molecule has 21 heavy (non-hydrogen) atoms. The van der Waals surface area contributed by atoms with Crippen LogP contribution in [-0.2, 0) is 9.59 Å². The fourth-order valence-electron chi connectivity index (χ4n) is 1.91. The van der Waals surface area contributed by atoms with E-state index in [1.54, 1.807) is 20.9 Å². The van der Waals surface area contributed by atoms with Crippen LogP contribution in [0.1, 0.15) is 54.4 Å². The van der Waals surface area contributed by atoms with Crippen LogP contribution in [0.4, 0.5) is 4.79 Å². The van der Waals surface area contributed by atoms with Crippen LogP contribution in [0.5, 0.6) is 0 Å². The number of imide groups is 1. The van der Waals surface area contributed by atoms with Gasteiger partial charge in [-0.25, -0.2) is 4.79 Å². The van der Waals surface area contributed by atoms with Crippen LogP contribution in [0.2, 0.25) is 0 Å². The Morgan fingerprint density at radius 1 is 1.10 bits per heavy atom. The van der Waals surface area contributed by atoms with Crippen molar-refractivity contribution >= 4 is 17.9 Å². The van der Waals surface area contributed by atoms with Gasteiger partial charge in [-0.2, -0.15) is 0 Å². The highest BCUT2D eigenvalue weighted by atomic mass is 16.4. The number of carbonyl (C=O) groups is 3. The summed E-state index contributed by atoms with van der Waals surface area (Å²) < 4.78 is 0. The number of urea groups is 1. The average molecular weight is 300 g/mol. The molecular weight excluding hydrogens is 272 g/mol. The third-order valence-electron chi connectivity index (χ3n) is 3.67. The van der Waals surface area contributed by atoms with Gasteiger partial charge < -0.3 is 10.0 Å². The predicted molar refractivity (Wildman–Crippen MR) is 80.9 cm³/mol. The zero-order valence-corrected chi connectivity index (χ0v) is 14.1. The van der Waals surface area contributed by atoms with Crippen LogP contribution < -0.4 is 5.32 Å². The molecule has 2 N–H and O–H groups in total. The zero-order valence-electron chi connectivity index (χ0n) is 14.1. The summed E-state index contributed by atoms with van der Waals surface area (Å²) in [6.45, 7) is 11.3. The van der Waals surface area contributed by atoms with Gasteiger partial charge in [-0.15, -0.1) is 0 Å². The second-order valence-electron chi connectivity index (χ2n) is 7.42. The zero-order chi connectivity index (χ0) is 17.0. The summed E-state index contributed by atoms with van der Waals surface area (Å²) in [6, 6.07) is -0.508. The summed E-state index contributed by atoms with van der Waals surface area (Å²) in [5, 5.41) is 11.1. The van der Waals surface area contributed by atoms with Crippen LogP contribution in [-0.4, -0.2) is 41.0 Å². The largest absolute Gasteiger partial charge is 0.481 e. The minimum atomic E-state index is -0.961. The van der Waals surface area contributed by atoms with Crippen molar-refractivity contribution in [1.29, 1.82) is 0 Å². The lowest BCUT2D eigenvalue weighted by Crippen LogP contribution is -2.49. The molecule has 0 rings (SSSR count). The smallest absolute Gasteiger partial charge is 0.324 e. The molecule has 0 fully saturated rings. The number of nitrogens with one attached hydrogen (secondary N) is 1. The van der Waals surface area contributed by atoms with Gasteiger partial charge >= 0.3 is 12.0 Å². The molecule has 1 unspecified atom stereocenters. The Morgan fingerprint density at radius 3 is 1.95 bits per heavy atom. The molecule has 0 aromatic heterocycles. The Bertz CT molecular complexity index is 410. The standard InChI is InChI=1S/C15H28N2O4/c1-10(14(2,3)4)17(7)13(21)16-11(18)8-15(5,6)9-12(19)20/h10H,8-9H2,1-7H3,(H,19,20)(H,16,18,21). The minimum Gasteiger partial charge on any atom is -0.481 e. The number of carboxylic acid groups (broad SMARTS) is 1. The first-order valence-electron chi connectivity index (χ1n) is 7.05. The van der Waals surface area contributed by atoms with Crippen molar-refractivity contribution in [3.63, 3.8) is 0 Å². The van der Waals surface area contributed by atoms with Crippen LogP contribution in [0.3, 0.4) is 0 Å². The lowest BCUT2D eigenvalue weighted by atomic mass is 9.85. The van der Waals surface area contributed by atoms with E-state index in [2.05, 4.69) is 5.32 Å². The second kappa shape index (κ2) is 6.91. The Hall–Kier alpha value is -1.59. The van der Waals surface area contributed by atoms with Crippen LogP contribution >= 0.6 is 0 Å². The molecular formula is C15H28N2O4. The molecule has 0 spiro atoms. The molecule has 0 saturated heterocycles. The molecule has 0 radical (unpaired) electrons. The predicted octanol–water partition coefficient (Wildman–Crippen LogP) is 2.48. The van der Waals surface area contributed by atoms with E-state index in [1.165, 1.54) is 4.90 Å². The molecule has 0 aliphatic heterocycles. The summed E-state index contributed by atoms with van der Waals surface area (Å²) in [7, 11) is 1.64. The fourth-order valence-corrected chi connectivity index (χ4v) is 1.91. The maximum atomic E-state index is 12.0. The number of carbonyl (C=O) groups excluding carboxylic acids is 2. The summed E-state index contributed by atoms with van der Waals surface area (Å²) in [5.41, 5.74) is -0.790. The number of carboxylic acids is 1. The number of aliphatic carboxylic acids is 1. The van der Waals surface area contributed by atoms with Crippen molar-refractivity contribution in [2.45, 2.75) is 60.4 Å². The van der Waals surface area contributed by atoms with Gasteiger partial charge in [-0.1, -0.05) is 34.6 Å². The molecule has 0 aliphatic carbocycles. The number of amides is 3. The molecule has 0 aliphatic rings. The van der Waals surface area contributed by atoms with E-state index in [1.807, 2.05) is 27.7 Å². The van der Waals surface area contributed by atoms with Crippen molar-refractivity contribution in [2.75, 3.05) is 7.05 Å². The first-order valence-corrected chi connectivity index (χ1v) is 7.05. The number of hydrogen-bond donors (Lipinski definition) is 2. The highest BCUT2D eigenvalue weighted by molar-refractivity contribution is 5.94.